The Labute approximate surface area is 170 Å². The minimum atomic E-state index is -0.862. The summed E-state index contributed by atoms with van der Waals surface area (Å²) in [7, 11) is 0. The Hall–Kier alpha value is -4.68. The number of fused-ring (bicyclic) bond motifs is 2. The minimum absolute atomic E-state index is 0.0924. The number of nitrogens with zero attached hydrogens (tertiary/aromatic N) is 3. The minimum Gasteiger partial charge on any atom is -0.454 e. The van der Waals surface area contributed by atoms with Crippen LogP contribution in [0.2, 0.25) is 0 Å². The number of carbonyl (C=O) groups is 1. The maximum absolute atomic E-state index is 12.8. The van der Waals surface area contributed by atoms with E-state index in [-0.39, 0.29) is 36.0 Å². The van der Waals surface area contributed by atoms with Crippen LogP contribution >= 0.6 is 0 Å². The van der Waals surface area contributed by atoms with Crippen molar-refractivity contribution in [3.05, 3.63) is 73.0 Å². The molecule has 4 N–H and O–H groups in total. The molecular weight excluding hydrogens is 410 g/mol. The molecule has 0 atom stereocenters. The number of nitrogens with one attached hydrogen (secondary N) is 4. The number of imidazole rings is 1. The van der Waals surface area contributed by atoms with Crippen LogP contribution in [-0.4, -0.2) is 42.2 Å². The standard InChI is InChI=1S/C18H13N7O6/c26-14(23-17-22-13-12(15(27)24-17)20-6-21-13)9-4-19-18(29)25(16(9)28)5-8-1-2-10-11(3-8)31-7-30-10/h1-4,6H,5,7H2,(H,19,29)(H3,20,21,22,23,24,26,27). The van der Waals surface area contributed by atoms with E-state index in [1.54, 1.807) is 18.2 Å². The summed E-state index contributed by atoms with van der Waals surface area (Å²) in [6.45, 7) is -0.00455. The fourth-order valence-corrected chi connectivity index (χ4v) is 3.12. The number of benzene rings is 1. The molecular formula is C18H13N7O6. The van der Waals surface area contributed by atoms with E-state index in [2.05, 4.69) is 30.2 Å². The zero-order chi connectivity index (χ0) is 21.5. The van der Waals surface area contributed by atoms with E-state index < -0.39 is 22.7 Å². The number of rotatable bonds is 4. The molecule has 1 amide bonds. The van der Waals surface area contributed by atoms with E-state index in [4.69, 9.17) is 9.47 Å². The first kappa shape index (κ1) is 18.4. The number of H-pyrrole nitrogens is 3. The predicted molar refractivity (Wildman–Crippen MR) is 105 cm³/mol. The van der Waals surface area contributed by atoms with E-state index >= 15 is 0 Å². The summed E-state index contributed by atoms with van der Waals surface area (Å²) in [5, 5.41) is 2.33. The summed E-state index contributed by atoms with van der Waals surface area (Å²) < 4.78 is 11.4. The summed E-state index contributed by atoms with van der Waals surface area (Å²) >= 11 is 0. The molecule has 156 valence electrons. The van der Waals surface area contributed by atoms with Gasteiger partial charge in [0.25, 0.3) is 17.0 Å². The van der Waals surface area contributed by atoms with Gasteiger partial charge < -0.3 is 19.4 Å². The topological polar surface area (TPSA) is 177 Å². The smallest absolute Gasteiger partial charge is 0.328 e. The maximum atomic E-state index is 12.8. The van der Waals surface area contributed by atoms with Crippen LogP contribution in [-0.2, 0) is 6.54 Å². The average molecular weight is 423 g/mol. The summed E-state index contributed by atoms with van der Waals surface area (Å²) in [6.07, 6.45) is 2.29. The van der Waals surface area contributed by atoms with Crippen LogP contribution in [0.5, 0.6) is 11.5 Å². The molecule has 1 aliphatic heterocycles. The Morgan fingerprint density at radius 2 is 2.00 bits per heavy atom. The quantitative estimate of drug-likeness (QED) is 0.340. The number of aromatic nitrogens is 6. The van der Waals surface area contributed by atoms with Crippen LogP contribution in [0, 0.1) is 0 Å². The molecule has 1 aliphatic rings. The normalized spacial score (nSPS) is 12.3. The molecule has 13 heteroatoms. The fourth-order valence-electron chi connectivity index (χ4n) is 3.12. The van der Waals surface area contributed by atoms with Gasteiger partial charge in [-0.25, -0.2) is 9.78 Å². The van der Waals surface area contributed by atoms with Gasteiger partial charge in [-0.1, -0.05) is 6.07 Å². The molecule has 0 bridgehead atoms. The van der Waals surface area contributed by atoms with Gasteiger partial charge in [0.15, 0.2) is 22.7 Å². The van der Waals surface area contributed by atoms with Gasteiger partial charge in [-0.05, 0) is 17.7 Å². The van der Waals surface area contributed by atoms with Crippen LogP contribution < -0.4 is 31.6 Å². The molecule has 0 radical (unpaired) electrons. The van der Waals surface area contributed by atoms with Crippen molar-refractivity contribution in [2.75, 3.05) is 12.1 Å². The van der Waals surface area contributed by atoms with Gasteiger partial charge in [0.1, 0.15) is 5.56 Å². The van der Waals surface area contributed by atoms with Gasteiger partial charge in [0.2, 0.25) is 12.7 Å². The Balaban J connectivity index is 1.45. The van der Waals surface area contributed by atoms with Crippen molar-refractivity contribution in [3.8, 4) is 11.5 Å². The lowest BCUT2D eigenvalue weighted by molar-refractivity contribution is 0.102. The number of hydrogen-bond donors (Lipinski definition) is 4. The van der Waals surface area contributed by atoms with Crippen molar-refractivity contribution in [3.63, 3.8) is 0 Å². The van der Waals surface area contributed by atoms with E-state index in [0.29, 0.717) is 17.1 Å². The second-order valence-corrected chi connectivity index (χ2v) is 6.56. The SMILES string of the molecule is O=C(Nc1nc2nc[nH]c2c(=O)[nH]1)c1c[nH]c(=O)n(Cc2ccc3c(c2)OCO3)c1=O. The molecule has 0 saturated carbocycles. The van der Waals surface area contributed by atoms with Gasteiger partial charge in [0.05, 0.1) is 12.9 Å². The Kier molecular flexibility index (Phi) is 4.13. The second kappa shape index (κ2) is 6.98. The molecule has 0 fully saturated rings. The summed E-state index contributed by atoms with van der Waals surface area (Å²) in [5.41, 5.74) is -1.55. The largest absolute Gasteiger partial charge is 0.454 e. The molecule has 31 heavy (non-hydrogen) atoms. The molecule has 3 aromatic heterocycles. The van der Waals surface area contributed by atoms with Crippen molar-refractivity contribution in [1.82, 2.24) is 29.5 Å². The van der Waals surface area contributed by atoms with Crippen LogP contribution in [0.25, 0.3) is 11.2 Å². The Morgan fingerprint density at radius 3 is 2.87 bits per heavy atom. The lowest BCUT2D eigenvalue weighted by atomic mass is 10.2. The third-order valence-corrected chi connectivity index (χ3v) is 4.61. The van der Waals surface area contributed by atoms with Crippen LogP contribution in [0.3, 0.4) is 0 Å². The third kappa shape index (κ3) is 3.23. The first-order valence-corrected chi connectivity index (χ1v) is 8.95. The van der Waals surface area contributed by atoms with E-state index in [1.165, 1.54) is 6.33 Å². The summed E-state index contributed by atoms with van der Waals surface area (Å²) in [4.78, 5) is 64.8. The highest BCUT2D eigenvalue weighted by Gasteiger charge is 2.18. The second-order valence-electron chi connectivity index (χ2n) is 6.56. The molecule has 0 aliphatic carbocycles. The summed E-state index contributed by atoms with van der Waals surface area (Å²) in [6, 6.07) is 5.00. The van der Waals surface area contributed by atoms with Gasteiger partial charge >= 0.3 is 5.69 Å². The molecule has 0 saturated heterocycles. The number of carbonyl (C=O) groups excluding carboxylic acids is 1. The van der Waals surface area contributed by atoms with Gasteiger partial charge in [-0.3, -0.25) is 29.3 Å². The molecule has 1 aromatic carbocycles. The van der Waals surface area contributed by atoms with Gasteiger partial charge in [-0.2, -0.15) is 4.98 Å². The molecule has 0 unspecified atom stereocenters. The first-order chi connectivity index (χ1) is 15.0. The van der Waals surface area contributed by atoms with Crippen molar-refractivity contribution in [1.29, 1.82) is 0 Å². The predicted octanol–water partition coefficient (Wildman–Crippen LogP) is -0.475. The maximum Gasteiger partial charge on any atom is 0.328 e. The number of anilines is 1. The number of hydrogen-bond acceptors (Lipinski definition) is 8. The third-order valence-electron chi connectivity index (χ3n) is 4.61. The van der Waals surface area contributed by atoms with Crippen LogP contribution in [0.1, 0.15) is 15.9 Å². The first-order valence-electron chi connectivity index (χ1n) is 8.95. The highest BCUT2D eigenvalue weighted by atomic mass is 16.7. The van der Waals surface area contributed by atoms with Gasteiger partial charge in [0, 0.05) is 6.20 Å². The van der Waals surface area contributed by atoms with Crippen molar-refractivity contribution >= 4 is 23.0 Å². The number of ether oxygens (including phenoxy) is 2. The Morgan fingerprint density at radius 1 is 1.16 bits per heavy atom. The lowest BCUT2D eigenvalue weighted by Gasteiger charge is -2.08. The molecule has 0 spiro atoms. The zero-order valence-electron chi connectivity index (χ0n) is 15.6. The van der Waals surface area contributed by atoms with Gasteiger partial charge in [-0.15, -0.1) is 0 Å². The lowest BCUT2D eigenvalue weighted by Crippen LogP contribution is -2.39. The molecule has 5 rings (SSSR count). The summed E-state index contributed by atoms with van der Waals surface area (Å²) in [5.74, 6) is 0.00872. The fraction of sp³-hybridized carbons (Fsp3) is 0.111. The van der Waals surface area contributed by atoms with E-state index in [1.807, 2.05) is 0 Å². The molecule has 13 nitrogen and oxygen atoms in total. The van der Waals surface area contributed by atoms with E-state index in [9.17, 15) is 19.2 Å². The van der Waals surface area contributed by atoms with Crippen molar-refractivity contribution in [2.45, 2.75) is 6.54 Å². The van der Waals surface area contributed by atoms with E-state index in [0.717, 1.165) is 10.8 Å². The zero-order valence-corrected chi connectivity index (χ0v) is 15.6. The van der Waals surface area contributed by atoms with Crippen LogP contribution in [0.15, 0.2) is 45.1 Å². The molecule has 4 aromatic rings. The van der Waals surface area contributed by atoms with Crippen molar-refractivity contribution in [2.24, 2.45) is 0 Å². The van der Waals surface area contributed by atoms with Crippen LogP contribution in [0.4, 0.5) is 5.95 Å². The number of aromatic amines is 3. The number of amides is 1. The monoisotopic (exact) mass is 423 g/mol. The average Bonchev–Trinajstić information content (AvgIpc) is 3.40. The highest BCUT2D eigenvalue weighted by molar-refractivity contribution is 6.03. The van der Waals surface area contributed by atoms with Crippen molar-refractivity contribution < 1.29 is 14.3 Å². The molecule has 4 heterocycles. The highest BCUT2D eigenvalue weighted by Crippen LogP contribution is 2.32. The Bertz CT molecular complexity index is 1510.